The molecule has 20 heavy (non-hydrogen) atoms. The van der Waals surface area contributed by atoms with Crippen molar-refractivity contribution in [3.05, 3.63) is 0 Å². The van der Waals surface area contributed by atoms with Gasteiger partial charge in [0.2, 0.25) is 5.91 Å². The van der Waals surface area contributed by atoms with Gasteiger partial charge in [-0.3, -0.25) is 4.79 Å². The number of hydrogen-bond donors (Lipinski definition) is 2. The Morgan fingerprint density at radius 3 is 2.20 bits per heavy atom. The summed E-state index contributed by atoms with van der Waals surface area (Å²) >= 11 is 0. The largest absolute Gasteiger partial charge is 0.353 e. The average Bonchev–Trinajstić information content (AvgIpc) is 2.75. The Kier molecular flexibility index (Phi) is 10.1. The topological polar surface area (TPSA) is 58.4 Å². The Bertz CT molecular complexity index is 290. The summed E-state index contributed by atoms with van der Waals surface area (Å²) in [6, 6.07) is 0. The number of hydrogen-bond acceptors (Lipinski definition) is 3. The Morgan fingerprint density at radius 2 is 1.80 bits per heavy atom. The van der Waals surface area contributed by atoms with Crippen LogP contribution in [0, 0.1) is 0 Å². The molecule has 1 rings (SSSR count). The van der Waals surface area contributed by atoms with Crippen LogP contribution in [0.15, 0.2) is 0 Å². The number of carbonyl (C=O) groups is 1. The lowest BCUT2D eigenvalue weighted by atomic mass is 9.93. The van der Waals surface area contributed by atoms with Crippen molar-refractivity contribution in [1.29, 1.82) is 0 Å². The molecule has 1 atom stereocenters. The molecule has 0 spiro atoms. The van der Waals surface area contributed by atoms with Crippen molar-refractivity contribution < 1.29 is 4.79 Å². The van der Waals surface area contributed by atoms with E-state index in [0.717, 1.165) is 32.2 Å². The Balaban J connectivity index is 0. The maximum atomic E-state index is 12.1. The second-order valence-electron chi connectivity index (χ2n) is 6.18. The highest BCUT2D eigenvalue weighted by molar-refractivity contribution is 5.86. The summed E-state index contributed by atoms with van der Waals surface area (Å²) in [5.41, 5.74) is 5.45. The van der Waals surface area contributed by atoms with Gasteiger partial charge >= 0.3 is 0 Å². The average molecular weight is 328 g/mol. The molecule has 0 aliphatic heterocycles. The van der Waals surface area contributed by atoms with E-state index in [1.807, 2.05) is 6.92 Å². The molecule has 1 aliphatic rings. The van der Waals surface area contributed by atoms with Crippen molar-refractivity contribution in [2.75, 3.05) is 20.6 Å². The summed E-state index contributed by atoms with van der Waals surface area (Å²) in [6.45, 7) is 4.59. The van der Waals surface area contributed by atoms with E-state index in [1.54, 1.807) is 0 Å². The van der Waals surface area contributed by atoms with Crippen LogP contribution in [0.1, 0.15) is 52.4 Å². The molecule has 1 unspecified atom stereocenters. The first kappa shape index (κ1) is 22.3. The summed E-state index contributed by atoms with van der Waals surface area (Å²) in [5.74, 6) is -0.0162. The fourth-order valence-corrected chi connectivity index (χ4v) is 2.89. The fourth-order valence-electron chi connectivity index (χ4n) is 2.89. The van der Waals surface area contributed by atoms with Gasteiger partial charge in [-0.1, -0.05) is 26.2 Å². The van der Waals surface area contributed by atoms with Gasteiger partial charge in [0, 0.05) is 12.1 Å². The fraction of sp³-hybridized carbons (Fsp3) is 0.929. The molecule has 4 nitrogen and oxygen atoms in total. The molecule has 6 heteroatoms. The number of halogens is 2. The van der Waals surface area contributed by atoms with E-state index in [0.29, 0.717) is 0 Å². The van der Waals surface area contributed by atoms with Crippen LogP contribution in [0.2, 0.25) is 0 Å². The minimum absolute atomic E-state index is 0. The van der Waals surface area contributed by atoms with E-state index in [2.05, 4.69) is 31.2 Å². The van der Waals surface area contributed by atoms with Crippen LogP contribution in [-0.2, 0) is 4.79 Å². The third-order valence-electron chi connectivity index (χ3n) is 4.35. The van der Waals surface area contributed by atoms with E-state index in [-0.39, 0.29) is 36.3 Å². The number of amides is 1. The van der Waals surface area contributed by atoms with Gasteiger partial charge in [-0.05, 0) is 40.3 Å². The zero-order valence-electron chi connectivity index (χ0n) is 13.2. The van der Waals surface area contributed by atoms with Gasteiger partial charge in [0.1, 0.15) is 0 Å². The Morgan fingerprint density at radius 1 is 1.30 bits per heavy atom. The van der Waals surface area contributed by atoms with Crippen LogP contribution in [0.3, 0.4) is 0 Å². The first-order chi connectivity index (χ1) is 8.34. The highest BCUT2D eigenvalue weighted by Crippen LogP contribution is 2.33. The van der Waals surface area contributed by atoms with Crippen LogP contribution < -0.4 is 11.1 Å². The van der Waals surface area contributed by atoms with Gasteiger partial charge in [-0.2, -0.15) is 0 Å². The molecule has 0 saturated heterocycles. The van der Waals surface area contributed by atoms with Gasteiger partial charge in [-0.15, -0.1) is 24.8 Å². The molecule has 0 aromatic rings. The zero-order valence-corrected chi connectivity index (χ0v) is 14.8. The molecule has 122 valence electrons. The second-order valence-corrected chi connectivity index (χ2v) is 6.18. The summed E-state index contributed by atoms with van der Waals surface area (Å²) in [5, 5.41) is 3.07. The Labute approximate surface area is 136 Å². The zero-order chi connectivity index (χ0) is 13.8. The van der Waals surface area contributed by atoms with E-state index in [1.165, 1.54) is 12.8 Å². The van der Waals surface area contributed by atoms with Crippen LogP contribution in [0.5, 0.6) is 0 Å². The predicted molar refractivity (Wildman–Crippen MR) is 89.9 cm³/mol. The number of rotatable bonds is 6. The number of nitrogens with one attached hydrogen (secondary N) is 1. The normalized spacial score (nSPS) is 19.7. The van der Waals surface area contributed by atoms with E-state index >= 15 is 0 Å². The molecule has 0 radical (unpaired) electrons. The van der Waals surface area contributed by atoms with Gasteiger partial charge < -0.3 is 16.0 Å². The molecule has 1 aliphatic carbocycles. The summed E-state index contributed by atoms with van der Waals surface area (Å²) in [6.07, 6.45) is 6.49. The molecule has 1 amide bonds. The van der Waals surface area contributed by atoms with Crippen LogP contribution >= 0.6 is 24.8 Å². The number of likely N-dealkylation sites (N-methyl/N-ethyl adjacent to an activating group) is 1. The van der Waals surface area contributed by atoms with Crippen LogP contribution in [0.25, 0.3) is 0 Å². The lowest BCUT2D eigenvalue weighted by Crippen LogP contribution is -2.57. The SMILES string of the molecule is CCCC(C)(N)C(=O)NCC1(N(C)C)CCCC1.Cl.Cl. The van der Waals surface area contributed by atoms with Crippen LogP contribution in [-0.4, -0.2) is 42.5 Å². The quantitative estimate of drug-likeness (QED) is 0.787. The lowest BCUT2D eigenvalue weighted by molar-refractivity contribution is -0.126. The first-order valence-electron chi connectivity index (χ1n) is 7.09. The monoisotopic (exact) mass is 327 g/mol. The highest BCUT2D eigenvalue weighted by Gasteiger charge is 2.37. The van der Waals surface area contributed by atoms with Crippen molar-refractivity contribution in [3.8, 4) is 0 Å². The first-order valence-corrected chi connectivity index (χ1v) is 7.09. The molecule has 0 heterocycles. The summed E-state index contributed by atoms with van der Waals surface area (Å²) < 4.78 is 0. The van der Waals surface area contributed by atoms with Crippen molar-refractivity contribution in [2.45, 2.75) is 63.5 Å². The molecule has 0 aromatic heterocycles. The maximum Gasteiger partial charge on any atom is 0.239 e. The third-order valence-corrected chi connectivity index (χ3v) is 4.35. The lowest BCUT2D eigenvalue weighted by Gasteiger charge is -2.37. The van der Waals surface area contributed by atoms with Crippen molar-refractivity contribution in [2.24, 2.45) is 5.73 Å². The van der Waals surface area contributed by atoms with Crippen molar-refractivity contribution >= 4 is 30.7 Å². The summed E-state index contributed by atoms with van der Waals surface area (Å²) in [7, 11) is 4.20. The minimum Gasteiger partial charge on any atom is -0.353 e. The molecule has 1 fully saturated rings. The molecule has 0 bridgehead atoms. The van der Waals surface area contributed by atoms with Gasteiger partial charge in [0.05, 0.1) is 5.54 Å². The summed E-state index contributed by atoms with van der Waals surface area (Å²) in [4.78, 5) is 14.4. The number of nitrogens with two attached hydrogens (primary N) is 1. The third kappa shape index (κ3) is 5.40. The maximum absolute atomic E-state index is 12.1. The smallest absolute Gasteiger partial charge is 0.239 e. The van der Waals surface area contributed by atoms with Gasteiger partial charge in [0.15, 0.2) is 0 Å². The standard InChI is InChI=1S/C14H29N3O.2ClH/c1-5-8-13(2,15)12(18)16-11-14(17(3)4)9-6-7-10-14;;/h5-11,15H2,1-4H3,(H,16,18);2*1H. The molecular formula is C14H31Cl2N3O. The molecule has 3 N–H and O–H groups in total. The van der Waals surface area contributed by atoms with Gasteiger partial charge in [0.25, 0.3) is 0 Å². The van der Waals surface area contributed by atoms with E-state index < -0.39 is 5.54 Å². The number of nitrogens with zero attached hydrogens (tertiary/aromatic N) is 1. The predicted octanol–water partition coefficient (Wildman–Crippen LogP) is 2.34. The van der Waals surface area contributed by atoms with E-state index in [9.17, 15) is 4.79 Å². The second kappa shape index (κ2) is 9.08. The Hall–Kier alpha value is -0.0300. The minimum atomic E-state index is -0.735. The van der Waals surface area contributed by atoms with Crippen LogP contribution in [0.4, 0.5) is 0 Å². The molecular weight excluding hydrogens is 297 g/mol. The molecule has 0 aromatic carbocycles. The van der Waals surface area contributed by atoms with E-state index in [4.69, 9.17) is 5.73 Å². The molecule has 1 saturated carbocycles. The van der Waals surface area contributed by atoms with Crippen molar-refractivity contribution in [3.63, 3.8) is 0 Å². The highest BCUT2D eigenvalue weighted by atomic mass is 35.5. The van der Waals surface area contributed by atoms with Gasteiger partial charge in [-0.25, -0.2) is 0 Å². The van der Waals surface area contributed by atoms with Crippen molar-refractivity contribution in [1.82, 2.24) is 10.2 Å². The number of carbonyl (C=O) groups excluding carboxylic acids is 1.